The average Bonchev–Trinajstić information content (AvgIpc) is 1.41. The fourth-order valence-corrected chi connectivity index (χ4v) is 0.0589. The van der Waals surface area contributed by atoms with E-state index in [0.29, 0.717) is 6.42 Å². The smallest absolute Gasteiger partial charge is 0 e. The van der Waals surface area contributed by atoms with Crippen LogP contribution in [0.2, 0.25) is 0 Å². The molecule has 6 heavy (non-hydrogen) atoms. The van der Waals surface area contributed by atoms with Gasteiger partial charge in [-0.2, -0.15) is 0 Å². The largest absolute Gasteiger partial charge is 0.541 e. The molecule has 0 aromatic heterocycles. The summed E-state index contributed by atoms with van der Waals surface area (Å²) in [5.41, 5.74) is 0. The molecule has 0 saturated carbocycles. The van der Waals surface area contributed by atoms with Crippen LogP contribution in [0.3, 0.4) is 0 Å². The van der Waals surface area contributed by atoms with Gasteiger partial charge in [0.2, 0.25) is 0 Å². The number of allylic oxidation sites excluding steroid dienone is 1. The molecule has 0 heterocycles. The molecule has 0 rings (SSSR count). The zero-order valence-electron chi connectivity index (χ0n) is 3.25. The van der Waals surface area contributed by atoms with Gasteiger partial charge in [0, 0.05) is 17.1 Å². The Kier molecular flexibility index (Phi) is 13.8. The van der Waals surface area contributed by atoms with E-state index in [4.69, 9.17) is 0 Å². The van der Waals surface area contributed by atoms with E-state index in [9.17, 15) is 4.79 Å². The summed E-state index contributed by atoms with van der Waals surface area (Å²) in [6.45, 7) is 3.29. The second-order valence-electron chi connectivity index (χ2n) is 0.637. The molecule has 0 aliphatic heterocycles. The van der Waals surface area contributed by atoms with Crippen molar-refractivity contribution >= 4 is 6.29 Å². The third kappa shape index (κ3) is 9.06. The Labute approximate surface area is 47.9 Å². The molecule has 0 unspecified atom stereocenters. The van der Waals surface area contributed by atoms with Gasteiger partial charge in [-0.1, -0.05) is 0 Å². The normalized spacial score (nSPS) is 5.33. The summed E-state index contributed by atoms with van der Waals surface area (Å²) in [6.07, 6.45) is 3.50. The van der Waals surface area contributed by atoms with Gasteiger partial charge in [0.1, 0.15) is 0 Å². The van der Waals surface area contributed by atoms with Gasteiger partial charge < -0.3 is 4.79 Å². The first kappa shape index (κ1) is 9.33. The topological polar surface area (TPSA) is 17.1 Å². The Morgan fingerprint density at radius 3 is 2.33 bits per heavy atom. The molecule has 0 saturated heterocycles. The van der Waals surface area contributed by atoms with Gasteiger partial charge in [-0.3, -0.25) is 6.29 Å². The molecule has 0 aliphatic carbocycles. The molecule has 0 amide bonds. The number of hydrogen-bond donors (Lipinski definition) is 0. The Morgan fingerprint density at radius 1 is 1.83 bits per heavy atom. The minimum atomic E-state index is 0. The Bertz CT molecular complexity index is 36.8. The van der Waals surface area contributed by atoms with Gasteiger partial charge >= 0.3 is 0 Å². The zero-order chi connectivity index (χ0) is 4.12. The molecule has 36 valence electrons. The average molecular weight is 125 g/mol. The molecular weight excluding hydrogens is 120 g/mol. The number of rotatable bonds is 2. The van der Waals surface area contributed by atoms with Crippen molar-refractivity contribution in [3.8, 4) is 0 Å². The summed E-state index contributed by atoms with van der Waals surface area (Å²) < 4.78 is 0. The van der Waals surface area contributed by atoms with Gasteiger partial charge in [-0.15, -0.1) is 19.1 Å². The van der Waals surface area contributed by atoms with Crippen molar-refractivity contribution in [2.24, 2.45) is 0 Å². The first-order valence-corrected chi connectivity index (χ1v) is 1.37. The van der Waals surface area contributed by atoms with Gasteiger partial charge in [-0.05, 0) is 0 Å². The van der Waals surface area contributed by atoms with E-state index in [2.05, 4.69) is 6.58 Å². The zero-order valence-corrected chi connectivity index (χ0v) is 4.36. The third-order valence-electron chi connectivity index (χ3n) is 0.228. The van der Waals surface area contributed by atoms with E-state index in [0.717, 1.165) is 0 Å². The molecule has 0 aromatic rings. The summed E-state index contributed by atoms with van der Waals surface area (Å²) in [5.74, 6) is 0. The van der Waals surface area contributed by atoms with Crippen LogP contribution in [-0.2, 0) is 21.9 Å². The van der Waals surface area contributed by atoms with Crippen LogP contribution < -0.4 is 0 Å². The van der Waals surface area contributed by atoms with Gasteiger partial charge in [0.05, 0.1) is 0 Å². The summed E-state index contributed by atoms with van der Waals surface area (Å²) in [6, 6.07) is 0. The molecule has 0 atom stereocenters. The fourth-order valence-electron chi connectivity index (χ4n) is 0.0589. The molecular formula is C4H5FeO-. The van der Waals surface area contributed by atoms with Gasteiger partial charge in [0.25, 0.3) is 0 Å². The van der Waals surface area contributed by atoms with E-state index in [1.807, 2.05) is 0 Å². The third-order valence-corrected chi connectivity index (χ3v) is 0.228. The van der Waals surface area contributed by atoms with E-state index in [-0.39, 0.29) is 17.1 Å². The maximum atomic E-state index is 9.21. The van der Waals surface area contributed by atoms with Crippen LogP contribution in [0, 0.1) is 0 Å². The maximum Gasteiger partial charge on any atom is 0 e. The van der Waals surface area contributed by atoms with Crippen molar-refractivity contribution < 1.29 is 21.9 Å². The van der Waals surface area contributed by atoms with Gasteiger partial charge in [0.15, 0.2) is 0 Å². The SMILES string of the molecule is C=CC[C-]=O.[Fe]. The first-order valence-electron chi connectivity index (χ1n) is 1.37. The minimum Gasteiger partial charge on any atom is -0.541 e. The van der Waals surface area contributed by atoms with Crippen LogP contribution in [0.25, 0.3) is 0 Å². The predicted molar refractivity (Wildman–Crippen MR) is 20.5 cm³/mol. The summed E-state index contributed by atoms with van der Waals surface area (Å²) in [4.78, 5) is 9.21. The van der Waals surface area contributed by atoms with Crippen molar-refractivity contribution in [2.45, 2.75) is 6.42 Å². The summed E-state index contributed by atoms with van der Waals surface area (Å²) >= 11 is 0. The van der Waals surface area contributed by atoms with E-state index in [1.165, 1.54) is 6.08 Å². The Hall–Kier alpha value is -0.0705. The summed E-state index contributed by atoms with van der Waals surface area (Å²) in [5, 5.41) is 0. The van der Waals surface area contributed by atoms with Gasteiger partial charge in [-0.25, -0.2) is 0 Å². The second-order valence-corrected chi connectivity index (χ2v) is 0.637. The maximum absolute atomic E-state index is 9.21. The van der Waals surface area contributed by atoms with E-state index < -0.39 is 0 Å². The van der Waals surface area contributed by atoms with Crippen molar-refractivity contribution in [1.29, 1.82) is 0 Å². The Morgan fingerprint density at radius 2 is 2.33 bits per heavy atom. The molecule has 0 fully saturated rings. The van der Waals surface area contributed by atoms with Crippen LogP contribution in [0.15, 0.2) is 12.7 Å². The first-order chi connectivity index (χ1) is 2.41. The van der Waals surface area contributed by atoms with Crippen molar-refractivity contribution in [3.63, 3.8) is 0 Å². The fraction of sp³-hybridized carbons (Fsp3) is 0.250. The van der Waals surface area contributed by atoms with Crippen LogP contribution >= 0.6 is 0 Å². The standard InChI is InChI=1S/C4H5O.Fe/c1-2-3-4-5;/h2H,1,3H2;/q-1;. The van der Waals surface area contributed by atoms with E-state index >= 15 is 0 Å². The molecule has 2 heteroatoms. The molecule has 0 spiro atoms. The van der Waals surface area contributed by atoms with Crippen molar-refractivity contribution in [3.05, 3.63) is 12.7 Å². The van der Waals surface area contributed by atoms with Crippen LogP contribution in [0.4, 0.5) is 0 Å². The number of carbonyl (C=O) groups excluding carboxylic acids is 1. The van der Waals surface area contributed by atoms with E-state index in [1.54, 1.807) is 6.29 Å². The quantitative estimate of drug-likeness (QED) is 0.301. The van der Waals surface area contributed by atoms with Crippen molar-refractivity contribution in [1.82, 2.24) is 0 Å². The molecule has 0 bridgehead atoms. The molecule has 0 aromatic carbocycles. The molecule has 1 nitrogen and oxygen atoms in total. The van der Waals surface area contributed by atoms with Crippen molar-refractivity contribution in [2.75, 3.05) is 0 Å². The second kappa shape index (κ2) is 8.87. The van der Waals surface area contributed by atoms with Crippen LogP contribution in [-0.4, -0.2) is 6.29 Å². The molecule has 0 radical (unpaired) electrons. The van der Waals surface area contributed by atoms with Crippen LogP contribution in [0.5, 0.6) is 0 Å². The molecule has 0 N–H and O–H groups in total. The predicted octanol–water partition coefficient (Wildman–Crippen LogP) is 0.670. The number of hydrogen-bond acceptors (Lipinski definition) is 1. The van der Waals surface area contributed by atoms with Crippen LogP contribution in [0.1, 0.15) is 6.42 Å². The monoisotopic (exact) mass is 125 g/mol. The Balaban J connectivity index is 0. The summed E-state index contributed by atoms with van der Waals surface area (Å²) in [7, 11) is 0. The molecule has 0 aliphatic rings. The minimum absolute atomic E-state index is 0.